The van der Waals surface area contributed by atoms with Crippen LogP contribution in [0, 0.1) is 0 Å². The lowest BCUT2D eigenvalue weighted by Gasteiger charge is -2.17. The van der Waals surface area contributed by atoms with E-state index < -0.39 is 0 Å². The molecular formula is C20H24O. The molecule has 1 nitrogen and oxygen atoms in total. The summed E-state index contributed by atoms with van der Waals surface area (Å²) in [4.78, 5) is 10.8. The number of hydrogen-bond acceptors (Lipinski definition) is 1. The van der Waals surface area contributed by atoms with Crippen molar-refractivity contribution in [3.63, 3.8) is 0 Å². The molecule has 0 saturated heterocycles. The summed E-state index contributed by atoms with van der Waals surface area (Å²) in [7, 11) is 0. The van der Waals surface area contributed by atoms with Gasteiger partial charge in [0.05, 0.1) is 0 Å². The van der Waals surface area contributed by atoms with E-state index in [1.165, 1.54) is 22.3 Å². The third-order valence-corrected chi connectivity index (χ3v) is 3.89. The van der Waals surface area contributed by atoms with Gasteiger partial charge in [-0.15, -0.1) is 0 Å². The average molecular weight is 280 g/mol. The van der Waals surface area contributed by atoms with Gasteiger partial charge in [0.2, 0.25) is 0 Å². The molecule has 21 heavy (non-hydrogen) atoms. The zero-order valence-corrected chi connectivity index (χ0v) is 13.2. The van der Waals surface area contributed by atoms with Gasteiger partial charge in [-0.2, -0.15) is 0 Å². The van der Waals surface area contributed by atoms with E-state index in [9.17, 15) is 4.79 Å². The van der Waals surface area contributed by atoms with E-state index >= 15 is 0 Å². The van der Waals surface area contributed by atoms with Crippen LogP contribution in [0.25, 0.3) is 11.1 Å². The molecule has 0 saturated carbocycles. The van der Waals surface area contributed by atoms with Crippen molar-refractivity contribution in [1.29, 1.82) is 0 Å². The third-order valence-electron chi connectivity index (χ3n) is 3.89. The summed E-state index contributed by atoms with van der Waals surface area (Å²) in [6.45, 7) is 6.67. The summed E-state index contributed by atoms with van der Waals surface area (Å²) in [5.41, 5.74) is 6.45. The number of hydrogen-bond donors (Lipinski definition) is 0. The number of carbonyl (C=O) groups excluding carboxylic acids is 1. The normalized spacial score (nSPS) is 10.9. The van der Waals surface area contributed by atoms with Crippen LogP contribution in [0.3, 0.4) is 0 Å². The van der Waals surface area contributed by atoms with Gasteiger partial charge in [0.25, 0.3) is 0 Å². The van der Waals surface area contributed by atoms with Gasteiger partial charge < -0.3 is 4.79 Å². The van der Waals surface area contributed by atoms with Gasteiger partial charge in [0.15, 0.2) is 0 Å². The van der Waals surface area contributed by atoms with Gasteiger partial charge in [-0.3, -0.25) is 0 Å². The molecule has 0 unspecified atom stereocenters. The van der Waals surface area contributed by atoms with Crippen LogP contribution in [0.1, 0.15) is 49.8 Å². The molecule has 0 amide bonds. The Balaban J connectivity index is 2.59. The van der Waals surface area contributed by atoms with Crippen LogP contribution in [0.2, 0.25) is 0 Å². The molecule has 2 aromatic rings. The Morgan fingerprint density at radius 3 is 2.48 bits per heavy atom. The van der Waals surface area contributed by atoms with E-state index in [4.69, 9.17) is 0 Å². The van der Waals surface area contributed by atoms with Crippen LogP contribution in [0.15, 0.2) is 42.5 Å². The van der Waals surface area contributed by atoms with Crippen LogP contribution in [0.4, 0.5) is 0 Å². The highest BCUT2D eigenvalue weighted by atomic mass is 16.1. The highest BCUT2D eigenvalue weighted by molar-refractivity contribution is 5.73. The molecule has 0 aliphatic carbocycles. The van der Waals surface area contributed by atoms with E-state index in [2.05, 4.69) is 63.2 Å². The molecule has 2 rings (SSSR count). The standard InChI is InChI=1S/C20H24O/c1-4-7-17-11-10-16(12-13-21)14-20(17)19-9-6-5-8-18(19)15(2)3/h5-6,8-11,13-15H,4,7,12H2,1-3H3. The highest BCUT2D eigenvalue weighted by Gasteiger charge is 2.12. The molecule has 110 valence electrons. The molecule has 0 bridgehead atoms. The Hall–Kier alpha value is -1.89. The Bertz CT molecular complexity index is 611. The van der Waals surface area contributed by atoms with Crippen molar-refractivity contribution in [3.05, 3.63) is 59.2 Å². The quantitative estimate of drug-likeness (QED) is 0.667. The maximum absolute atomic E-state index is 10.8. The minimum atomic E-state index is 0.489. The van der Waals surface area contributed by atoms with Crippen molar-refractivity contribution in [2.24, 2.45) is 0 Å². The van der Waals surface area contributed by atoms with E-state index in [-0.39, 0.29) is 0 Å². The average Bonchev–Trinajstić information content (AvgIpc) is 2.49. The van der Waals surface area contributed by atoms with Crippen LogP contribution in [-0.2, 0) is 17.6 Å². The fourth-order valence-corrected chi connectivity index (χ4v) is 2.83. The van der Waals surface area contributed by atoms with E-state index in [0.717, 1.165) is 24.7 Å². The summed E-state index contributed by atoms with van der Waals surface area (Å²) in [5.74, 6) is 0.491. The van der Waals surface area contributed by atoms with E-state index in [1.807, 2.05) is 0 Å². The summed E-state index contributed by atoms with van der Waals surface area (Å²) in [5, 5.41) is 0. The lowest BCUT2D eigenvalue weighted by atomic mass is 9.88. The first-order chi connectivity index (χ1) is 10.2. The Morgan fingerprint density at radius 2 is 1.81 bits per heavy atom. The highest BCUT2D eigenvalue weighted by Crippen LogP contribution is 2.32. The molecule has 2 aromatic carbocycles. The molecule has 0 aliphatic rings. The Morgan fingerprint density at radius 1 is 1.05 bits per heavy atom. The Kier molecular flexibility index (Phi) is 5.32. The van der Waals surface area contributed by atoms with Crippen LogP contribution in [0.5, 0.6) is 0 Å². The maximum atomic E-state index is 10.8. The van der Waals surface area contributed by atoms with Gasteiger partial charge in [-0.1, -0.05) is 69.7 Å². The first-order valence-corrected chi connectivity index (χ1v) is 7.82. The molecule has 0 aromatic heterocycles. The Labute approximate surface area is 128 Å². The van der Waals surface area contributed by atoms with Crippen molar-refractivity contribution in [2.75, 3.05) is 0 Å². The SMILES string of the molecule is CCCc1ccc(CC=O)cc1-c1ccccc1C(C)C. The number of benzene rings is 2. The lowest BCUT2D eigenvalue weighted by molar-refractivity contribution is -0.107. The fraction of sp³-hybridized carbons (Fsp3) is 0.350. The monoisotopic (exact) mass is 280 g/mol. The van der Waals surface area contributed by atoms with Crippen LogP contribution < -0.4 is 0 Å². The molecule has 0 radical (unpaired) electrons. The zero-order chi connectivity index (χ0) is 15.2. The smallest absolute Gasteiger partial charge is 0.124 e. The van der Waals surface area contributed by atoms with Gasteiger partial charge >= 0.3 is 0 Å². The summed E-state index contributed by atoms with van der Waals surface area (Å²) in [6.07, 6.45) is 3.67. The molecule has 0 spiro atoms. The molecule has 0 aliphatic heterocycles. The summed E-state index contributed by atoms with van der Waals surface area (Å²) < 4.78 is 0. The fourth-order valence-electron chi connectivity index (χ4n) is 2.83. The third kappa shape index (κ3) is 3.60. The summed E-state index contributed by atoms with van der Waals surface area (Å²) >= 11 is 0. The largest absolute Gasteiger partial charge is 0.303 e. The van der Waals surface area contributed by atoms with Crippen LogP contribution in [-0.4, -0.2) is 6.29 Å². The van der Waals surface area contributed by atoms with Crippen molar-refractivity contribution in [1.82, 2.24) is 0 Å². The van der Waals surface area contributed by atoms with Crippen LogP contribution >= 0.6 is 0 Å². The molecular weight excluding hydrogens is 256 g/mol. The van der Waals surface area contributed by atoms with Gasteiger partial charge in [0.1, 0.15) is 6.29 Å². The van der Waals surface area contributed by atoms with Crippen molar-refractivity contribution < 1.29 is 4.79 Å². The number of aryl methyl sites for hydroxylation is 1. The predicted molar refractivity (Wildman–Crippen MR) is 89.7 cm³/mol. The first-order valence-electron chi connectivity index (χ1n) is 7.82. The second-order valence-corrected chi connectivity index (χ2v) is 5.85. The van der Waals surface area contributed by atoms with Crippen molar-refractivity contribution in [2.45, 2.75) is 46.0 Å². The topological polar surface area (TPSA) is 17.1 Å². The number of aldehydes is 1. The van der Waals surface area contributed by atoms with Gasteiger partial charge in [-0.05, 0) is 40.2 Å². The predicted octanol–water partition coefficient (Wildman–Crippen LogP) is 5.17. The van der Waals surface area contributed by atoms with Crippen molar-refractivity contribution in [3.8, 4) is 11.1 Å². The van der Waals surface area contributed by atoms with E-state index in [0.29, 0.717) is 12.3 Å². The molecule has 1 heteroatoms. The van der Waals surface area contributed by atoms with Gasteiger partial charge in [0, 0.05) is 6.42 Å². The second kappa shape index (κ2) is 7.21. The zero-order valence-electron chi connectivity index (χ0n) is 13.2. The number of carbonyl (C=O) groups is 1. The molecule has 0 N–H and O–H groups in total. The second-order valence-electron chi connectivity index (χ2n) is 5.85. The minimum absolute atomic E-state index is 0.489. The van der Waals surface area contributed by atoms with E-state index in [1.54, 1.807) is 0 Å². The molecule has 0 heterocycles. The maximum Gasteiger partial charge on any atom is 0.124 e. The lowest BCUT2D eigenvalue weighted by Crippen LogP contribution is -1.98. The molecule has 0 atom stereocenters. The summed E-state index contributed by atoms with van der Waals surface area (Å²) in [6, 6.07) is 15.1. The minimum Gasteiger partial charge on any atom is -0.303 e. The number of rotatable bonds is 6. The molecule has 0 fully saturated rings. The van der Waals surface area contributed by atoms with Crippen molar-refractivity contribution >= 4 is 6.29 Å². The first kappa shape index (κ1) is 15.5. The van der Waals surface area contributed by atoms with Gasteiger partial charge in [-0.25, -0.2) is 0 Å².